The molecule has 2 aromatic rings. The van der Waals surface area contributed by atoms with Gasteiger partial charge in [0, 0.05) is 5.56 Å². The zero-order valence-corrected chi connectivity index (χ0v) is 14.0. The number of aromatic carboxylic acids is 1. The molecule has 0 fully saturated rings. The number of benzene rings is 2. The van der Waals surface area contributed by atoms with Crippen molar-refractivity contribution in [1.82, 2.24) is 0 Å². The van der Waals surface area contributed by atoms with Gasteiger partial charge in [-0.15, -0.1) is 0 Å². The number of ether oxygens (including phenoxy) is 1. The standard InChI is InChI=1S/C20H16N2O4/c1-26-18-12-5-2-7-14(18)8-6-9-15(13-21)19(23)22-17-11-4-3-10-16(17)20(24)25/h2-12H,1H3,(H,22,23)(H,24,25)/b8-6+,15-9-. The fourth-order valence-electron chi connectivity index (χ4n) is 2.18. The van der Waals surface area contributed by atoms with E-state index in [2.05, 4.69) is 5.32 Å². The van der Waals surface area contributed by atoms with E-state index in [-0.39, 0.29) is 16.8 Å². The van der Waals surface area contributed by atoms with E-state index in [1.54, 1.807) is 43.5 Å². The molecule has 0 radical (unpaired) electrons. The van der Waals surface area contributed by atoms with Gasteiger partial charge in [0.25, 0.3) is 5.91 Å². The maximum absolute atomic E-state index is 12.2. The highest BCUT2D eigenvalue weighted by molar-refractivity contribution is 6.09. The van der Waals surface area contributed by atoms with Gasteiger partial charge in [-0.2, -0.15) is 5.26 Å². The molecule has 6 nitrogen and oxygen atoms in total. The van der Waals surface area contributed by atoms with E-state index in [0.29, 0.717) is 5.75 Å². The summed E-state index contributed by atoms with van der Waals surface area (Å²) < 4.78 is 5.22. The van der Waals surface area contributed by atoms with E-state index in [1.165, 1.54) is 18.2 Å². The van der Waals surface area contributed by atoms with Crippen molar-refractivity contribution in [3.63, 3.8) is 0 Å². The van der Waals surface area contributed by atoms with Gasteiger partial charge in [-0.05, 0) is 24.3 Å². The van der Waals surface area contributed by atoms with Gasteiger partial charge >= 0.3 is 5.97 Å². The minimum atomic E-state index is -1.17. The Kier molecular flexibility index (Phi) is 6.29. The Balaban J connectivity index is 2.19. The second-order valence-corrected chi connectivity index (χ2v) is 5.10. The van der Waals surface area contributed by atoms with Crippen LogP contribution in [0.25, 0.3) is 6.08 Å². The lowest BCUT2D eigenvalue weighted by Crippen LogP contribution is -2.16. The quantitative estimate of drug-likeness (QED) is 0.473. The van der Waals surface area contributed by atoms with Crippen LogP contribution in [0.2, 0.25) is 0 Å². The van der Waals surface area contributed by atoms with Crippen molar-refractivity contribution in [3.8, 4) is 11.8 Å². The zero-order valence-electron chi connectivity index (χ0n) is 14.0. The molecule has 0 bridgehead atoms. The van der Waals surface area contributed by atoms with Gasteiger partial charge in [-0.1, -0.05) is 42.5 Å². The van der Waals surface area contributed by atoms with Crippen LogP contribution in [-0.2, 0) is 4.79 Å². The minimum Gasteiger partial charge on any atom is -0.496 e. The molecule has 2 rings (SSSR count). The first-order chi connectivity index (χ1) is 12.6. The number of carbonyl (C=O) groups excluding carboxylic acids is 1. The van der Waals surface area contributed by atoms with Crippen LogP contribution in [0.15, 0.2) is 66.3 Å². The molecular formula is C20H16N2O4. The van der Waals surface area contributed by atoms with Crippen molar-refractivity contribution in [1.29, 1.82) is 5.26 Å². The molecule has 2 aromatic carbocycles. The highest BCUT2D eigenvalue weighted by Crippen LogP contribution is 2.19. The number of hydrogen-bond acceptors (Lipinski definition) is 4. The summed E-state index contributed by atoms with van der Waals surface area (Å²) in [5.41, 5.74) is 0.707. The van der Waals surface area contributed by atoms with E-state index in [0.717, 1.165) is 5.56 Å². The van der Waals surface area contributed by atoms with Crippen LogP contribution in [0, 0.1) is 11.3 Å². The summed E-state index contributed by atoms with van der Waals surface area (Å²) in [4.78, 5) is 23.4. The van der Waals surface area contributed by atoms with Crippen molar-refractivity contribution >= 4 is 23.6 Å². The van der Waals surface area contributed by atoms with E-state index in [1.807, 2.05) is 18.2 Å². The molecule has 0 saturated heterocycles. The molecule has 26 heavy (non-hydrogen) atoms. The maximum Gasteiger partial charge on any atom is 0.337 e. The lowest BCUT2D eigenvalue weighted by molar-refractivity contribution is -0.112. The average molecular weight is 348 g/mol. The molecule has 0 aliphatic heterocycles. The number of anilines is 1. The first kappa shape index (κ1) is 18.5. The Bertz CT molecular complexity index is 923. The fraction of sp³-hybridized carbons (Fsp3) is 0.0500. The summed E-state index contributed by atoms with van der Waals surface area (Å²) in [6.45, 7) is 0. The van der Waals surface area contributed by atoms with Crippen LogP contribution in [-0.4, -0.2) is 24.1 Å². The molecule has 2 N–H and O–H groups in total. The number of carboxylic acid groups (broad SMARTS) is 1. The number of allylic oxidation sites excluding steroid dienone is 2. The third kappa shape index (κ3) is 4.58. The fourth-order valence-corrected chi connectivity index (χ4v) is 2.18. The Hall–Kier alpha value is -3.85. The number of hydrogen-bond donors (Lipinski definition) is 2. The van der Waals surface area contributed by atoms with Gasteiger partial charge in [0.2, 0.25) is 0 Å². The normalized spacial score (nSPS) is 11.0. The van der Waals surface area contributed by atoms with Gasteiger partial charge < -0.3 is 15.2 Å². The van der Waals surface area contributed by atoms with E-state index >= 15 is 0 Å². The molecule has 0 spiro atoms. The Morgan fingerprint density at radius 3 is 2.54 bits per heavy atom. The molecule has 0 atom stereocenters. The molecule has 0 heterocycles. The predicted molar refractivity (Wildman–Crippen MR) is 97.8 cm³/mol. The molecule has 0 unspecified atom stereocenters. The number of rotatable bonds is 6. The summed E-state index contributed by atoms with van der Waals surface area (Å²) >= 11 is 0. The van der Waals surface area contributed by atoms with Gasteiger partial charge in [-0.25, -0.2) is 4.79 Å². The highest BCUT2D eigenvalue weighted by atomic mass is 16.5. The lowest BCUT2D eigenvalue weighted by Gasteiger charge is -2.07. The number of carbonyl (C=O) groups is 2. The highest BCUT2D eigenvalue weighted by Gasteiger charge is 2.14. The second kappa shape index (κ2) is 8.85. The third-order valence-electron chi connectivity index (χ3n) is 3.45. The van der Waals surface area contributed by atoms with Crippen molar-refractivity contribution in [2.75, 3.05) is 12.4 Å². The summed E-state index contributed by atoms with van der Waals surface area (Å²) in [7, 11) is 1.55. The van der Waals surface area contributed by atoms with Crippen LogP contribution < -0.4 is 10.1 Å². The molecule has 0 aromatic heterocycles. The average Bonchev–Trinajstić information content (AvgIpc) is 2.65. The number of nitrogens with zero attached hydrogens (tertiary/aromatic N) is 1. The Morgan fingerprint density at radius 2 is 1.85 bits per heavy atom. The molecule has 0 aliphatic rings. The molecule has 0 aliphatic carbocycles. The Labute approximate surface area is 150 Å². The smallest absolute Gasteiger partial charge is 0.337 e. The summed E-state index contributed by atoms with van der Waals surface area (Å²) in [5.74, 6) is -1.19. The number of amides is 1. The maximum atomic E-state index is 12.2. The van der Waals surface area contributed by atoms with Crippen molar-refractivity contribution in [2.24, 2.45) is 0 Å². The summed E-state index contributed by atoms with van der Waals surface area (Å²) in [6, 6.07) is 15.1. The monoisotopic (exact) mass is 348 g/mol. The van der Waals surface area contributed by atoms with E-state index in [4.69, 9.17) is 9.84 Å². The van der Waals surface area contributed by atoms with Gasteiger partial charge in [0.1, 0.15) is 17.4 Å². The van der Waals surface area contributed by atoms with Crippen LogP contribution in [0.5, 0.6) is 5.75 Å². The summed E-state index contributed by atoms with van der Waals surface area (Å²) in [6.07, 6.45) is 4.61. The van der Waals surface area contributed by atoms with Crippen molar-refractivity contribution in [2.45, 2.75) is 0 Å². The van der Waals surface area contributed by atoms with Crippen molar-refractivity contribution in [3.05, 3.63) is 77.4 Å². The molecule has 1 amide bonds. The van der Waals surface area contributed by atoms with Crippen LogP contribution >= 0.6 is 0 Å². The predicted octanol–water partition coefficient (Wildman–Crippen LogP) is 3.50. The first-order valence-corrected chi connectivity index (χ1v) is 7.62. The topological polar surface area (TPSA) is 99.4 Å². The molecule has 0 saturated carbocycles. The third-order valence-corrected chi connectivity index (χ3v) is 3.45. The zero-order chi connectivity index (χ0) is 18.9. The second-order valence-electron chi connectivity index (χ2n) is 5.10. The number of methoxy groups -OCH3 is 1. The van der Waals surface area contributed by atoms with E-state index < -0.39 is 11.9 Å². The summed E-state index contributed by atoms with van der Waals surface area (Å²) in [5, 5.41) is 20.8. The number of para-hydroxylation sites is 2. The van der Waals surface area contributed by atoms with Gasteiger partial charge in [0.05, 0.1) is 18.4 Å². The van der Waals surface area contributed by atoms with Crippen LogP contribution in [0.3, 0.4) is 0 Å². The number of nitrogens with one attached hydrogen (secondary N) is 1. The van der Waals surface area contributed by atoms with Gasteiger partial charge in [0.15, 0.2) is 0 Å². The lowest BCUT2D eigenvalue weighted by atomic mass is 10.1. The first-order valence-electron chi connectivity index (χ1n) is 7.62. The SMILES string of the molecule is COc1ccccc1/C=C/C=C(/C#N)C(=O)Nc1ccccc1C(=O)O. The number of nitriles is 1. The van der Waals surface area contributed by atoms with Crippen LogP contribution in [0.4, 0.5) is 5.69 Å². The van der Waals surface area contributed by atoms with Crippen LogP contribution in [0.1, 0.15) is 15.9 Å². The Morgan fingerprint density at radius 1 is 1.15 bits per heavy atom. The minimum absolute atomic E-state index is 0.0531. The van der Waals surface area contributed by atoms with Gasteiger partial charge in [-0.3, -0.25) is 4.79 Å². The largest absolute Gasteiger partial charge is 0.496 e. The van der Waals surface area contributed by atoms with Crippen molar-refractivity contribution < 1.29 is 19.4 Å². The molecular weight excluding hydrogens is 332 g/mol. The number of carboxylic acids is 1. The molecule has 130 valence electrons. The van der Waals surface area contributed by atoms with E-state index in [9.17, 15) is 14.9 Å². The molecule has 6 heteroatoms.